The van der Waals surface area contributed by atoms with E-state index < -0.39 is 5.82 Å². The summed E-state index contributed by atoms with van der Waals surface area (Å²) in [5.74, 6) is -0.327. The lowest BCUT2D eigenvalue weighted by Crippen LogP contribution is -2.00. The Bertz CT molecular complexity index is 975. The molecule has 1 heterocycles. The van der Waals surface area contributed by atoms with E-state index in [4.69, 9.17) is 5.73 Å². The molecule has 2 N–H and O–H groups in total. The first-order valence-corrected chi connectivity index (χ1v) is 8.58. The van der Waals surface area contributed by atoms with Crippen LogP contribution in [0, 0.1) is 17.1 Å². The van der Waals surface area contributed by atoms with Crippen molar-refractivity contribution in [2.45, 2.75) is 13.3 Å². The van der Waals surface area contributed by atoms with Crippen LogP contribution in [-0.2, 0) is 6.42 Å². The molecule has 3 nitrogen and oxygen atoms in total. The maximum Gasteiger partial charge on any atom is 0.142 e. The number of nitrogen functional groups attached to an aromatic ring is 1. The van der Waals surface area contributed by atoms with Gasteiger partial charge in [0.1, 0.15) is 23.3 Å². The smallest absolute Gasteiger partial charge is 0.142 e. The van der Waals surface area contributed by atoms with E-state index in [2.05, 4.69) is 27.8 Å². The van der Waals surface area contributed by atoms with E-state index in [1.807, 2.05) is 30.3 Å². The fraction of sp³-hybridized carbons (Fsp3) is 0.100. The Hall–Kier alpha value is -2.71. The van der Waals surface area contributed by atoms with Gasteiger partial charge < -0.3 is 5.73 Å². The molecule has 3 rings (SSSR count). The van der Waals surface area contributed by atoms with Crippen LogP contribution in [0.25, 0.3) is 22.4 Å². The molecule has 0 aliphatic rings. The molecule has 2 aromatic carbocycles. The molecule has 0 atom stereocenters. The van der Waals surface area contributed by atoms with Crippen LogP contribution in [0.2, 0.25) is 0 Å². The van der Waals surface area contributed by atoms with Crippen LogP contribution in [0.15, 0.2) is 53.0 Å². The first-order valence-electron chi connectivity index (χ1n) is 7.78. The highest BCUT2D eigenvalue weighted by molar-refractivity contribution is 9.10. The van der Waals surface area contributed by atoms with E-state index in [1.165, 1.54) is 11.6 Å². The lowest BCUT2D eigenvalue weighted by atomic mass is 9.97. The summed E-state index contributed by atoms with van der Waals surface area (Å²) in [4.78, 5) is 4.33. The zero-order chi connectivity index (χ0) is 18.0. The number of nitriles is 1. The predicted molar refractivity (Wildman–Crippen MR) is 101 cm³/mol. The van der Waals surface area contributed by atoms with Crippen molar-refractivity contribution in [3.05, 3.63) is 69.9 Å². The number of hydrogen-bond acceptors (Lipinski definition) is 3. The van der Waals surface area contributed by atoms with Gasteiger partial charge in [-0.2, -0.15) is 5.26 Å². The molecule has 0 unspecified atom stereocenters. The number of hydrogen-bond donors (Lipinski definition) is 1. The maximum absolute atomic E-state index is 14.3. The van der Waals surface area contributed by atoms with Crippen molar-refractivity contribution in [1.29, 1.82) is 5.26 Å². The number of halogens is 2. The molecule has 0 fully saturated rings. The van der Waals surface area contributed by atoms with Gasteiger partial charge in [-0.15, -0.1) is 0 Å². The molecular formula is C20H15BrFN3. The van der Waals surface area contributed by atoms with Crippen molar-refractivity contribution in [3.63, 3.8) is 0 Å². The number of pyridine rings is 1. The van der Waals surface area contributed by atoms with Gasteiger partial charge in [0.25, 0.3) is 0 Å². The highest BCUT2D eigenvalue weighted by Gasteiger charge is 2.16. The van der Waals surface area contributed by atoms with Crippen LogP contribution in [0.1, 0.15) is 18.1 Å². The molecule has 0 aliphatic carbocycles. The van der Waals surface area contributed by atoms with Gasteiger partial charge in [0.2, 0.25) is 0 Å². The topological polar surface area (TPSA) is 62.7 Å². The highest BCUT2D eigenvalue weighted by atomic mass is 79.9. The van der Waals surface area contributed by atoms with Crippen LogP contribution in [0.5, 0.6) is 0 Å². The van der Waals surface area contributed by atoms with Crippen molar-refractivity contribution in [2.24, 2.45) is 0 Å². The van der Waals surface area contributed by atoms with Crippen molar-refractivity contribution in [1.82, 2.24) is 4.98 Å². The van der Waals surface area contributed by atoms with Gasteiger partial charge >= 0.3 is 0 Å². The fourth-order valence-corrected chi connectivity index (χ4v) is 3.02. The number of nitrogens with zero attached hydrogens (tertiary/aromatic N) is 2. The minimum atomic E-state index is -0.419. The monoisotopic (exact) mass is 395 g/mol. The maximum atomic E-state index is 14.3. The molecule has 1 aromatic heterocycles. The first-order chi connectivity index (χ1) is 12.0. The van der Waals surface area contributed by atoms with E-state index in [0.717, 1.165) is 16.5 Å². The summed E-state index contributed by atoms with van der Waals surface area (Å²) < 4.78 is 15.1. The van der Waals surface area contributed by atoms with Gasteiger partial charge in [-0.3, -0.25) is 0 Å². The number of benzene rings is 2. The summed E-state index contributed by atoms with van der Waals surface area (Å²) in [5, 5.41) is 9.45. The molecule has 124 valence electrons. The standard InChI is InChI=1S/C20H15BrFN3/c1-2-12-3-5-13(6-4-12)19-10-15(17(11-23)20(24)25-19)16-9-14(21)7-8-18(16)22/h3-10H,2H2,1H3,(H2,24,25). The van der Waals surface area contributed by atoms with Crippen LogP contribution >= 0.6 is 15.9 Å². The number of anilines is 1. The predicted octanol–water partition coefficient (Wildman–Crippen LogP) is 5.33. The zero-order valence-corrected chi connectivity index (χ0v) is 15.1. The van der Waals surface area contributed by atoms with Crippen LogP contribution in [0.4, 0.5) is 10.2 Å². The van der Waals surface area contributed by atoms with Crippen LogP contribution in [0.3, 0.4) is 0 Å². The molecule has 0 aliphatic heterocycles. The third-order valence-electron chi connectivity index (χ3n) is 4.04. The Morgan fingerprint density at radius 1 is 1.12 bits per heavy atom. The Balaban J connectivity index is 2.22. The Morgan fingerprint density at radius 2 is 1.84 bits per heavy atom. The minimum Gasteiger partial charge on any atom is -0.383 e. The molecule has 0 radical (unpaired) electrons. The van der Waals surface area contributed by atoms with Crippen molar-refractivity contribution in [2.75, 3.05) is 5.73 Å². The summed E-state index contributed by atoms with van der Waals surface area (Å²) >= 11 is 3.34. The van der Waals surface area contributed by atoms with Gasteiger partial charge in [0.15, 0.2) is 0 Å². The molecule has 0 bridgehead atoms. The van der Waals surface area contributed by atoms with E-state index in [1.54, 1.807) is 18.2 Å². The second-order valence-electron chi connectivity index (χ2n) is 5.60. The van der Waals surface area contributed by atoms with Gasteiger partial charge in [-0.25, -0.2) is 9.37 Å². The Labute approximate surface area is 154 Å². The van der Waals surface area contributed by atoms with Crippen LogP contribution in [-0.4, -0.2) is 4.98 Å². The summed E-state index contributed by atoms with van der Waals surface area (Å²) in [7, 11) is 0. The molecular weight excluding hydrogens is 381 g/mol. The summed E-state index contributed by atoms with van der Waals surface area (Å²) in [6, 6.07) is 16.3. The third-order valence-corrected chi connectivity index (χ3v) is 4.53. The lowest BCUT2D eigenvalue weighted by molar-refractivity contribution is 0.631. The average Bonchev–Trinajstić information content (AvgIpc) is 2.63. The molecule has 25 heavy (non-hydrogen) atoms. The first kappa shape index (κ1) is 17.1. The van der Waals surface area contributed by atoms with E-state index in [9.17, 15) is 9.65 Å². The fourth-order valence-electron chi connectivity index (χ4n) is 2.66. The number of aryl methyl sites for hydroxylation is 1. The summed E-state index contributed by atoms with van der Waals surface area (Å²) in [6.45, 7) is 2.08. The molecule has 5 heteroatoms. The third kappa shape index (κ3) is 3.40. The van der Waals surface area contributed by atoms with Crippen molar-refractivity contribution in [3.8, 4) is 28.5 Å². The second-order valence-corrected chi connectivity index (χ2v) is 6.52. The van der Waals surface area contributed by atoms with Gasteiger partial charge in [-0.05, 0) is 36.2 Å². The molecule has 0 saturated heterocycles. The molecule has 3 aromatic rings. The summed E-state index contributed by atoms with van der Waals surface area (Å²) in [5.41, 5.74) is 9.58. The van der Waals surface area contributed by atoms with Crippen LogP contribution < -0.4 is 5.73 Å². The minimum absolute atomic E-state index is 0.0916. The van der Waals surface area contributed by atoms with E-state index >= 15 is 0 Å². The van der Waals surface area contributed by atoms with Gasteiger partial charge in [-0.1, -0.05) is 47.1 Å². The highest BCUT2D eigenvalue weighted by Crippen LogP contribution is 2.34. The molecule has 0 saturated carbocycles. The largest absolute Gasteiger partial charge is 0.383 e. The van der Waals surface area contributed by atoms with Gasteiger partial charge in [0.05, 0.1) is 5.69 Å². The average molecular weight is 396 g/mol. The van der Waals surface area contributed by atoms with Gasteiger partial charge in [0, 0.05) is 21.2 Å². The van der Waals surface area contributed by atoms with E-state index in [-0.39, 0.29) is 11.4 Å². The SMILES string of the molecule is CCc1ccc(-c2cc(-c3cc(Br)ccc3F)c(C#N)c(N)n2)cc1. The Kier molecular flexibility index (Phi) is 4.82. The number of nitrogens with two attached hydrogens (primary N) is 1. The number of rotatable bonds is 3. The summed E-state index contributed by atoms with van der Waals surface area (Å²) in [6.07, 6.45) is 0.942. The molecule has 0 amide bonds. The van der Waals surface area contributed by atoms with Crippen molar-refractivity contribution >= 4 is 21.7 Å². The zero-order valence-electron chi connectivity index (χ0n) is 13.6. The quantitative estimate of drug-likeness (QED) is 0.651. The Morgan fingerprint density at radius 3 is 2.48 bits per heavy atom. The normalized spacial score (nSPS) is 10.5. The molecule has 0 spiro atoms. The lowest BCUT2D eigenvalue weighted by Gasteiger charge is -2.11. The number of aromatic nitrogens is 1. The van der Waals surface area contributed by atoms with E-state index in [0.29, 0.717) is 16.8 Å². The second kappa shape index (κ2) is 7.04. The van der Waals surface area contributed by atoms with Crippen molar-refractivity contribution < 1.29 is 4.39 Å².